The summed E-state index contributed by atoms with van der Waals surface area (Å²) in [5.74, 6) is 1.92. The van der Waals surface area contributed by atoms with E-state index in [1.165, 1.54) is 12.0 Å². The van der Waals surface area contributed by atoms with Gasteiger partial charge >= 0.3 is 0 Å². The molecule has 16 heavy (non-hydrogen) atoms. The molecule has 2 atom stereocenters. The second-order valence-electron chi connectivity index (χ2n) is 4.20. The molecule has 1 aliphatic rings. The fraction of sp³-hybridized carbons (Fsp3) is 0.364. The van der Waals surface area contributed by atoms with Gasteiger partial charge in [-0.1, -0.05) is 18.2 Å². The predicted molar refractivity (Wildman–Crippen MR) is 59.5 cm³/mol. The summed E-state index contributed by atoms with van der Waals surface area (Å²) in [5, 5.41) is 14.0. The smallest absolute Gasteiger partial charge is 0.204 e. The number of rotatable bonds is 3. The van der Waals surface area contributed by atoms with Crippen LogP contribution in [0.15, 0.2) is 24.3 Å². The van der Waals surface area contributed by atoms with E-state index < -0.39 is 0 Å². The van der Waals surface area contributed by atoms with Crippen molar-refractivity contribution in [2.24, 2.45) is 11.7 Å². The van der Waals surface area contributed by atoms with Crippen molar-refractivity contribution in [2.45, 2.75) is 12.3 Å². The van der Waals surface area contributed by atoms with Gasteiger partial charge in [0.15, 0.2) is 0 Å². The Balaban J connectivity index is 1.89. The molecule has 1 aliphatic carbocycles. The van der Waals surface area contributed by atoms with E-state index in [-0.39, 0.29) is 0 Å². The second-order valence-corrected chi connectivity index (χ2v) is 4.20. The number of tetrazole rings is 1. The second kappa shape index (κ2) is 3.68. The number of aromatic amines is 1. The van der Waals surface area contributed by atoms with Gasteiger partial charge in [-0.25, -0.2) is 0 Å². The van der Waals surface area contributed by atoms with Gasteiger partial charge in [0.05, 0.1) is 0 Å². The van der Waals surface area contributed by atoms with E-state index in [9.17, 15) is 0 Å². The third-order valence-corrected chi connectivity index (χ3v) is 3.14. The number of nitrogens with two attached hydrogens (primary N) is 1. The lowest BCUT2D eigenvalue weighted by Crippen LogP contribution is -2.01. The molecule has 0 aliphatic heterocycles. The molecule has 3 N–H and O–H groups in total. The molecule has 5 nitrogen and oxygen atoms in total. The van der Waals surface area contributed by atoms with Crippen LogP contribution in [0.1, 0.15) is 17.9 Å². The fourth-order valence-electron chi connectivity index (χ4n) is 2.11. The summed E-state index contributed by atoms with van der Waals surface area (Å²) in [5.41, 5.74) is 7.99. The first-order valence-electron chi connectivity index (χ1n) is 5.42. The third-order valence-electron chi connectivity index (χ3n) is 3.14. The molecule has 1 heterocycles. The van der Waals surface area contributed by atoms with Crippen molar-refractivity contribution >= 4 is 0 Å². The molecule has 0 saturated heterocycles. The summed E-state index contributed by atoms with van der Waals surface area (Å²) >= 11 is 0. The minimum Gasteiger partial charge on any atom is -0.330 e. The number of benzene rings is 1. The van der Waals surface area contributed by atoms with Gasteiger partial charge in [0.2, 0.25) is 5.82 Å². The van der Waals surface area contributed by atoms with Gasteiger partial charge < -0.3 is 5.73 Å². The number of nitrogens with one attached hydrogen (secondary N) is 1. The Hall–Kier alpha value is -1.75. The monoisotopic (exact) mass is 215 g/mol. The highest BCUT2D eigenvalue weighted by atomic mass is 15.5. The first-order chi connectivity index (χ1) is 7.88. The molecule has 1 saturated carbocycles. The van der Waals surface area contributed by atoms with Gasteiger partial charge in [-0.2, -0.15) is 5.21 Å². The fourth-order valence-corrected chi connectivity index (χ4v) is 2.11. The number of H-pyrrole nitrogens is 1. The van der Waals surface area contributed by atoms with Crippen LogP contribution in [0.3, 0.4) is 0 Å². The van der Waals surface area contributed by atoms with E-state index in [0.29, 0.717) is 17.7 Å². The van der Waals surface area contributed by atoms with E-state index in [1.807, 2.05) is 12.1 Å². The third kappa shape index (κ3) is 1.59. The molecule has 3 rings (SSSR count). The summed E-state index contributed by atoms with van der Waals surface area (Å²) in [4.78, 5) is 0. The molecule has 0 bridgehead atoms. The highest BCUT2D eigenvalue weighted by Crippen LogP contribution is 2.47. The number of hydrogen-bond donors (Lipinski definition) is 2. The first-order valence-corrected chi connectivity index (χ1v) is 5.42. The average Bonchev–Trinajstić information content (AvgIpc) is 2.93. The lowest BCUT2D eigenvalue weighted by molar-refractivity contribution is 0.810. The van der Waals surface area contributed by atoms with Gasteiger partial charge in [0.25, 0.3) is 0 Å². The Morgan fingerprint density at radius 1 is 1.44 bits per heavy atom. The topological polar surface area (TPSA) is 80.5 Å². The van der Waals surface area contributed by atoms with Gasteiger partial charge in [0, 0.05) is 5.56 Å². The molecule has 2 unspecified atom stereocenters. The van der Waals surface area contributed by atoms with Crippen molar-refractivity contribution in [1.82, 2.24) is 20.6 Å². The normalized spacial score (nSPS) is 23.3. The van der Waals surface area contributed by atoms with E-state index in [4.69, 9.17) is 5.73 Å². The van der Waals surface area contributed by atoms with Crippen molar-refractivity contribution < 1.29 is 0 Å². The standard InChI is InChI=1S/C11H13N5/c12-6-9-5-10(9)7-2-1-3-8(4-7)11-13-15-16-14-11/h1-4,9-10H,5-6,12H2,(H,13,14,15,16). The van der Waals surface area contributed by atoms with Crippen molar-refractivity contribution in [3.8, 4) is 11.4 Å². The Bertz CT molecular complexity index is 479. The van der Waals surface area contributed by atoms with E-state index in [0.717, 1.165) is 12.1 Å². The predicted octanol–water partition coefficient (Wildman–Crippen LogP) is 0.929. The molecule has 82 valence electrons. The summed E-state index contributed by atoms with van der Waals surface area (Å²) < 4.78 is 0. The van der Waals surface area contributed by atoms with Crippen LogP contribution in [0.25, 0.3) is 11.4 Å². The number of hydrogen-bond acceptors (Lipinski definition) is 4. The first kappa shape index (κ1) is 9.47. The van der Waals surface area contributed by atoms with Crippen LogP contribution in [0, 0.1) is 5.92 Å². The van der Waals surface area contributed by atoms with Gasteiger partial charge in [0.1, 0.15) is 0 Å². The molecule has 1 aromatic carbocycles. The maximum atomic E-state index is 5.65. The maximum Gasteiger partial charge on any atom is 0.204 e. The van der Waals surface area contributed by atoms with Crippen molar-refractivity contribution in [1.29, 1.82) is 0 Å². The zero-order valence-corrected chi connectivity index (χ0v) is 8.80. The van der Waals surface area contributed by atoms with Crippen LogP contribution < -0.4 is 5.73 Å². The summed E-state index contributed by atoms with van der Waals surface area (Å²) in [6.07, 6.45) is 1.20. The van der Waals surface area contributed by atoms with Crippen LogP contribution in [-0.4, -0.2) is 27.2 Å². The molecule has 0 spiro atoms. The van der Waals surface area contributed by atoms with E-state index in [1.54, 1.807) is 0 Å². The van der Waals surface area contributed by atoms with Crippen LogP contribution in [-0.2, 0) is 0 Å². The van der Waals surface area contributed by atoms with E-state index in [2.05, 4.69) is 32.8 Å². The minimum atomic E-state index is 0.622. The highest BCUT2D eigenvalue weighted by molar-refractivity contribution is 5.55. The SMILES string of the molecule is NCC1CC1c1cccc(-c2nn[nH]n2)c1. The van der Waals surface area contributed by atoms with Gasteiger partial charge in [-0.3, -0.25) is 0 Å². The average molecular weight is 215 g/mol. The molecule has 0 radical (unpaired) electrons. The maximum absolute atomic E-state index is 5.65. The highest BCUT2D eigenvalue weighted by Gasteiger charge is 2.36. The zero-order valence-electron chi connectivity index (χ0n) is 8.80. The lowest BCUT2D eigenvalue weighted by atomic mass is 10.1. The van der Waals surface area contributed by atoms with Crippen LogP contribution in [0.4, 0.5) is 0 Å². The molecule has 0 amide bonds. The van der Waals surface area contributed by atoms with Gasteiger partial charge in [-0.05, 0) is 41.6 Å². The molecule has 5 heteroatoms. The summed E-state index contributed by atoms with van der Waals surface area (Å²) in [7, 11) is 0. The molecule has 1 fully saturated rings. The van der Waals surface area contributed by atoms with E-state index >= 15 is 0 Å². The quantitative estimate of drug-likeness (QED) is 0.798. The van der Waals surface area contributed by atoms with Gasteiger partial charge in [-0.15, -0.1) is 10.2 Å². The number of nitrogens with zero attached hydrogens (tertiary/aromatic N) is 3. The van der Waals surface area contributed by atoms with Crippen molar-refractivity contribution in [3.05, 3.63) is 29.8 Å². The van der Waals surface area contributed by atoms with Crippen LogP contribution in [0.2, 0.25) is 0 Å². The molecular formula is C11H13N5. The summed E-state index contributed by atoms with van der Waals surface area (Å²) in [6, 6.07) is 8.30. The lowest BCUT2D eigenvalue weighted by Gasteiger charge is -2.01. The molecule has 1 aromatic heterocycles. The number of aromatic nitrogens is 4. The Morgan fingerprint density at radius 3 is 3.06 bits per heavy atom. The van der Waals surface area contributed by atoms with Crippen molar-refractivity contribution in [3.63, 3.8) is 0 Å². The largest absolute Gasteiger partial charge is 0.330 e. The Kier molecular flexibility index (Phi) is 2.18. The zero-order chi connectivity index (χ0) is 11.0. The Morgan fingerprint density at radius 2 is 2.38 bits per heavy atom. The van der Waals surface area contributed by atoms with Crippen LogP contribution >= 0.6 is 0 Å². The molecule has 2 aromatic rings. The van der Waals surface area contributed by atoms with Crippen molar-refractivity contribution in [2.75, 3.05) is 6.54 Å². The molecular weight excluding hydrogens is 202 g/mol. The van der Waals surface area contributed by atoms with Crippen LogP contribution in [0.5, 0.6) is 0 Å². The summed E-state index contributed by atoms with van der Waals surface area (Å²) in [6.45, 7) is 0.775. The minimum absolute atomic E-state index is 0.622. The Labute approximate surface area is 93.1 Å².